The van der Waals surface area contributed by atoms with Crippen LogP contribution in [-0.2, 0) is 9.30 Å². The molecule has 0 radical (unpaired) electrons. The third kappa shape index (κ3) is 5.85. The summed E-state index contributed by atoms with van der Waals surface area (Å²) in [6, 6.07) is 1.42. The number of nitrogen functional groups attached to an aromatic ring is 2. The van der Waals surface area contributed by atoms with E-state index in [0.29, 0.717) is 5.69 Å². The van der Waals surface area contributed by atoms with E-state index in [4.69, 9.17) is 21.3 Å². The zero-order valence-electron chi connectivity index (χ0n) is 8.70. The summed E-state index contributed by atoms with van der Waals surface area (Å²) in [6.07, 6.45) is -0.671. The Labute approximate surface area is 97.2 Å². The predicted octanol–water partition coefficient (Wildman–Crippen LogP) is -0.856. The van der Waals surface area contributed by atoms with Gasteiger partial charge >= 0.3 is 7.60 Å². The number of hydrogen-bond donors (Lipinski definition) is 4. The first-order valence-electron chi connectivity index (χ1n) is 4.38. The highest BCUT2D eigenvalue weighted by molar-refractivity contribution is 7.51. The SMILES string of the molecule is Nc1cc(C#CCOCP(=O)(O)O)nc(N)n1. The highest BCUT2D eigenvalue weighted by Crippen LogP contribution is 2.33. The van der Waals surface area contributed by atoms with Crippen molar-refractivity contribution in [3.63, 3.8) is 0 Å². The molecule has 9 heteroatoms. The van der Waals surface area contributed by atoms with Crippen LogP contribution in [0.4, 0.5) is 11.8 Å². The normalized spacial score (nSPS) is 10.7. The first kappa shape index (κ1) is 13.4. The van der Waals surface area contributed by atoms with Gasteiger partial charge in [-0.2, -0.15) is 4.98 Å². The van der Waals surface area contributed by atoms with Crippen LogP contribution in [0, 0.1) is 11.8 Å². The summed E-state index contributed by atoms with van der Waals surface area (Å²) < 4.78 is 15.1. The molecule has 0 spiro atoms. The van der Waals surface area contributed by atoms with Crippen LogP contribution in [0.2, 0.25) is 0 Å². The molecule has 0 atom stereocenters. The Morgan fingerprint density at radius 2 is 2.12 bits per heavy atom. The Hall–Kier alpha value is -1.65. The number of nitrogens with two attached hydrogens (primary N) is 2. The fourth-order valence-corrected chi connectivity index (χ4v) is 1.22. The predicted molar refractivity (Wildman–Crippen MR) is 60.6 cm³/mol. The molecule has 0 aliphatic carbocycles. The van der Waals surface area contributed by atoms with Gasteiger partial charge in [0.25, 0.3) is 0 Å². The highest BCUT2D eigenvalue weighted by Gasteiger charge is 2.11. The van der Waals surface area contributed by atoms with Gasteiger partial charge in [0.1, 0.15) is 24.5 Å². The number of anilines is 2. The average Bonchev–Trinajstić information content (AvgIpc) is 2.13. The molecule has 0 unspecified atom stereocenters. The molecule has 0 fully saturated rings. The lowest BCUT2D eigenvalue weighted by molar-refractivity contribution is 0.189. The van der Waals surface area contributed by atoms with Crippen molar-refractivity contribution < 1.29 is 19.1 Å². The van der Waals surface area contributed by atoms with Gasteiger partial charge in [-0.1, -0.05) is 5.92 Å². The number of ether oxygens (including phenoxy) is 1. The fraction of sp³-hybridized carbons (Fsp3) is 0.250. The minimum Gasteiger partial charge on any atom is -0.383 e. The molecule has 6 N–H and O–H groups in total. The van der Waals surface area contributed by atoms with Gasteiger partial charge in [-0.25, -0.2) is 4.98 Å². The minimum atomic E-state index is -4.15. The topological polar surface area (TPSA) is 145 Å². The lowest BCUT2D eigenvalue weighted by Crippen LogP contribution is -2.01. The van der Waals surface area contributed by atoms with E-state index in [-0.39, 0.29) is 18.4 Å². The second kappa shape index (κ2) is 5.61. The molecule has 17 heavy (non-hydrogen) atoms. The molecule has 0 saturated heterocycles. The van der Waals surface area contributed by atoms with Crippen LogP contribution in [0.1, 0.15) is 5.69 Å². The van der Waals surface area contributed by atoms with Crippen molar-refractivity contribution in [2.75, 3.05) is 24.4 Å². The quantitative estimate of drug-likeness (QED) is 0.311. The smallest absolute Gasteiger partial charge is 0.351 e. The van der Waals surface area contributed by atoms with E-state index in [1.165, 1.54) is 6.07 Å². The number of rotatable bonds is 3. The summed E-state index contributed by atoms with van der Waals surface area (Å²) in [4.78, 5) is 24.4. The maximum Gasteiger partial charge on any atom is 0.351 e. The summed E-state index contributed by atoms with van der Waals surface area (Å²) in [7, 11) is -4.15. The van der Waals surface area contributed by atoms with Crippen molar-refractivity contribution in [2.45, 2.75) is 0 Å². The van der Waals surface area contributed by atoms with Gasteiger partial charge < -0.3 is 26.0 Å². The zero-order chi connectivity index (χ0) is 12.9. The standard InChI is InChI=1S/C8H11N4O4P/c9-7-4-6(11-8(10)12-7)2-1-3-16-5-17(13,14)15/h4H,3,5H2,(H2,13,14,15)(H4,9,10,11,12). The van der Waals surface area contributed by atoms with Crippen molar-refractivity contribution in [3.8, 4) is 11.8 Å². The molecular formula is C8H11N4O4P. The van der Waals surface area contributed by atoms with Crippen LogP contribution >= 0.6 is 7.60 Å². The van der Waals surface area contributed by atoms with Gasteiger partial charge in [0.05, 0.1) is 0 Å². The van der Waals surface area contributed by atoms with Gasteiger partial charge in [-0.15, -0.1) is 0 Å². The number of nitrogens with zero attached hydrogens (tertiary/aromatic N) is 2. The van der Waals surface area contributed by atoms with E-state index in [1.54, 1.807) is 0 Å². The molecule has 0 amide bonds. The second-order valence-electron chi connectivity index (χ2n) is 2.98. The number of hydrogen-bond acceptors (Lipinski definition) is 6. The Balaban J connectivity index is 2.52. The lowest BCUT2D eigenvalue weighted by atomic mass is 10.4. The van der Waals surface area contributed by atoms with Gasteiger partial charge in [-0.3, -0.25) is 4.57 Å². The van der Waals surface area contributed by atoms with Crippen molar-refractivity contribution >= 4 is 19.4 Å². The molecule has 92 valence electrons. The van der Waals surface area contributed by atoms with Crippen LogP contribution < -0.4 is 11.5 Å². The molecular weight excluding hydrogens is 247 g/mol. The molecule has 1 aromatic heterocycles. The van der Waals surface area contributed by atoms with Crippen LogP contribution in [-0.4, -0.2) is 32.7 Å². The summed E-state index contributed by atoms with van der Waals surface area (Å²) in [5.74, 6) is 5.28. The Morgan fingerprint density at radius 3 is 2.71 bits per heavy atom. The van der Waals surface area contributed by atoms with E-state index in [1.807, 2.05) is 0 Å². The van der Waals surface area contributed by atoms with E-state index < -0.39 is 13.9 Å². The van der Waals surface area contributed by atoms with Crippen molar-refractivity contribution in [3.05, 3.63) is 11.8 Å². The minimum absolute atomic E-state index is 0.00503. The lowest BCUT2D eigenvalue weighted by Gasteiger charge is -2.01. The Bertz CT molecular complexity index is 484. The van der Waals surface area contributed by atoms with Crippen LogP contribution in [0.5, 0.6) is 0 Å². The highest BCUT2D eigenvalue weighted by atomic mass is 31.2. The summed E-state index contributed by atoms with van der Waals surface area (Å²) in [6.45, 7) is -0.130. The molecule has 1 heterocycles. The summed E-state index contributed by atoms with van der Waals surface area (Å²) >= 11 is 0. The molecule has 0 aromatic carbocycles. The van der Waals surface area contributed by atoms with E-state index in [0.717, 1.165) is 0 Å². The molecule has 1 rings (SSSR count). The van der Waals surface area contributed by atoms with Gasteiger partial charge in [0.15, 0.2) is 0 Å². The van der Waals surface area contributed by atoms with Crippen LogP contribution in [0.3, 0.4) is 0 Å². The molecule has 0 bridgehead atoms. The van der Waals surface area contributed by atoms with Gasteiger partial charge in [0.2, 0.25) is 5.95 Å². The maximum absolute atomic E-state index is 10.4. The first-order chi connectivity index (χ1) is 7.87. The molecule has 8 nitrogen and oxygen atoms in total. The molecule has 0 aliphatic heterocycles. The van der Waals surface area contributed by atoms with Crippen LogP contribution in [0.15, 0.2) is 6.07 Å². The Morgan fingerprint density at radius 1 is 1.41 bits per heavy atom. The molecule has 0 saturated carbocycles. The van der Waals surface area contributed by atoms with Gasteiger partial charge in [-0.05, 0) is 5.92 Å². The van der Waals surface area contributed by atoms with Crippen molar-refractivity contribution in [1.29, 1.82) is 0 Å². The maximum atomic E-state index is 10.4. The zero-order valence-corrected chi connectivity index (χ0v) is 9.59. The third-order valence-corrected chi connectivity index (χ3v) is 1.93. The largest absolute Gasteiger partial charge is 0.383 e. The molecule has 1 aromatic rings. The molecule has 0 aliphatic rings. The van der Waals surface area contributed by atoms with Crippen molar-refractivity contribution in [1.82, 2.24) is 9.97 Å². The van der Waals surface area contributed by atoms with Crippen LogP contribution in [0.25, 0.3) is 0 Å². The fourth-order valence-electron chi connectivity index (χ4n) is 0.892. The van der Waals surface area contributed by atoms with Gasteiger partial charge in [0, 0.05) is 6.07 Å². The van der Waals surface area contributed by atoms with Crippen molar-refractivity contribution in [2.24, 2.45) is 0 Å². The second-order valence-corrected chi connectivity index (χ2v) is 4.57. The number of aromatic nitrogens is 2. The average molecular weight is 258 g/mol. The van der Waals surface area contributed by atoms with E-state index in [2.05, 4.69) is 26.5 Å². The Kier molecular flexibility index (Phi) is 4.43. The third-order valence-electron chi connectivity index (χ3n) is 1.41. The summed E-state index contributed by atoms with van der Waals surface area (Å²) in [5.41, 5.74) is 11.1. The first-order valence-corrected chi connectivity index (χ1v) is 6.18. The van der Waals surface area contributed by atoms with E-state index in [9.17, 15) is 4.57 Å². The monoisotopic (exact) mass is 258 g/mol. The summed E-state index contributed by atoms with van der Waals surface area (Å²) in [5, 5.41) is 0. The van der Waals surface area contributed by atoms with E-state index >= 15 is 0 Å².